The van der Waals surface area contributed by atoms with Crippen LogP contribution in [0.4, 0.5) is 5.69 Å². The molecule has 0 atom stereocenters. The standard InChI is InChI=1S/C25H28ClN5O3/c1-16(2)27-25(33)20-5-3-4-6-21(20)28-24(32)18-11-13-31(14-12-18)15-22-29-23(30-34-22)17-7-9-19(26)10-8-17/h3-10,16,18H,11-15H2,1-2H3,(H,27,33)(H,28,32). The largest absolute Gasteiger partial charge is 0.350 e. The van der Waals surface area contributed by atoms with Crippen molar-refractivity contribution in [1.29, 1.82) is 0 Å². The normalized spacial score (nSPS) is 14.8. The summed E-state index contributed by atoms with van der Waals surface area (Å²) in [7, 11) is 0. The number of nitrogens with one attached hydrogen (secondary N) is 2. The van der Waals surface area contributed by atoms with Crippen molar-refractivity contribution < 1.29 is 14.1 Å². The van der Waals surface area contributed by atoms with E-state index in [-0.39, 0.29) is 23.8 Å². The highest BCUT2D eigenvalue weighted by molar-refractivity contribution is 6.30. The lowest BCUT2D eigenvalue weighted by atomic mass is 9.95. The number of halogens is 1. The zero-order valence-electron chi connectivity index (χ0n) is 19.3. The lowest BCUT2D eigenvalue weighted by Gasteiger charge is -2.30. The van der Waals surface area contributed by atoms with Crippen molar-refractivity contribution in [3.63, 3.8) is 0 Å². The molecular formula is C25H28ClN5O3. The zero-order valence-corrected chi connectivity index (χ0v) is 20.0. The number of likely N-dealkylation sites (tertiary alicyclic amines) is 1. The molecule has 1 aliphatic rings. The molecule has 9 heteroatoms. The molecule has 1 aliphatic heterocycles. The number of carbonyl (C=O) groups is 2. The third kappa shape index (κ3) is 6.01. The van der Waals surface area contributed by atoms with Gasteiger partial charge in [0, 0.05) is 22.5 Å². The van der Waals surface area contributed by atoms with E-state index >= 15 is 0 Å². The summed E-state index contributed by atoms with van der Waals surface area (Å²) in [4.78, 5) is 32.0. The van der Waals surface area contributed by atoms with Gasteiger partial charge >= 0.3 is 0 Å². The fourth-order valence-corrected chi connectivity index (χ4v) is 4.07. The van der Waals surface area contributed by atoms with E-state index < -0.39 is 0 Å². The molecular weight excluding hydrogens is 454 g/mol. The third-order valence-corrected chi connectivity index (χ3v) is 5.99. The number of hydrogen-bond donors (Lipinski definition) is 2. The molecule has 8 nitrogen and oxygen atoms in total. The molecule has 178 valence electrons. The molecule has 3 aromatic rings. The van der Waals surface area contributed by atoms with Crippen molar-refractivity contribution in [3.05, 3.63) is 65.0 Å². The van der Waals surface area contributed by atoms with Gasteiger partial charge in [-0.1, -0.05) is 28.9 Å². The Kier molecular flexibility index (Phi) is 7.59. The van der Waals surface area contributed by atoms with Crippen molar-refractivity contribution >= 4 is 29.1 Å². The highest BCUT2D eigenvalue weighted by Crippen LogP contribution is 2.24. The van der Waals surface area contributed by atoms with E-state index in [9.17, 15) is 9.59 Å². The Bertz CT molecular complexity index is 1140. The lowest BCUT2D eigenvalue weighted by Crippen LogP contribution is -2.38. The zero-order chi connectivity index (χ0) is 24.1. The second-order valence-corrected chi connectivity index (χ2v) is 9.17. The first-order chi connectivity index (χ1) is 16.4. The number of rotatable bonds is 7. The Morgan fingerprint density at radius 3 is 2.53 bits per heavy atom. The summed E-state index contributed by atoms with van der Waals surface area (Å²) in [6.07, 6.45) is 1.43. The molecule has 1 aromatic heterocycles. The fraction of sp³-hybridized carbons (Fsp3) is 0.360. The average Bonchev–Trinajstić information content (AvgIpc) is 3.28. The Morgan fingerprint density at radius 2 is 1.82 bits per heavy atom. The molecule has 34 heavy (non-hydrogen) atoms. The van der Waals surface area contributed by atoms with Gasteiger partial charge in [0.1, 0.15) is 0 Å². The summed E-state index contributed by atoms with van der Waals surface area (Å²) in [5.41, 5.74) is 1.85. The monoisotopic (exact) mass is 481 g/mol. The van der Waals surface area contributed by atoms with Crippen molar-refractivity contribution in [2.45, 2.75) is 39.3 Å². The smallest absolute Gasteiger partial charge is 0.253 e. The van der Waals surface area contributed by atoms with Crippen LogP contribution in [-0.2, 0) is 11.3 Å². The Hall–Kier alpha value is -3.23. The van der Waals surface area contributed by atoms with Crippen LogP contribution in [0.5, 0.6) is 0 Å². The summed E-state index contributed by atoms with van der Waals surface area (Å²) in [6, 6.07) is 14.4. The number of amides is 2. The first-order valence-corrected chi connectivity index (χ1v) is 11.8. The summed E-state index contributed by atoms with van der Waals surface area (Å²) < 4.78 is 5.42. The highest BCUT2D eigenvalue weighted by Gasteiger charge is 2.27. The first kappa shape index (κ1) is 23.9. The van der Waals surface area contributed by atoms with Gasteiger partial charge in [-0.3, -0.25) is 14.5 Å². The Balaban J connectivity index is 1.30. The minimum atomic E-state index is -0.196. The van der Waals surface area contributed by atoms with Gasteiger partial charge in [-0.15, -0.1) is 0 Å². The van der Waals surface area contributed by atoms with Crippen LogP contribution in [0, 0.1) is 5.92 Å². The molecule has 0 radical (unpaired) electrons. The van der Waals surface area contributed by atoms with Gasteiger partial charge in [0.15, 0.2) is 0 Å². The Labute approximate surface area is 203 Å². The molecule has 2 aromatic carbocycles. The quantitative estimate of drug-likeness (QED) is 0.519. The van der Waals surface area contributed by atoms with E-state index in [2.05, 4.69) is 25.7 Å². The third-order valence-electron chi connectivity index (χ3n) is 5.74. The van der Waals surface area contributed by atoms with Crippen molar-refractivity contribution in [2.24, 2.45) is 5.92 Å². The summed E-state index contributed by atoms with van der Waals surface area (Å²) >= 11 is 5.93. The number of aromatic nitrogens is 2. The maximum atomic E-state index is 12.9. The highest BCUT2D eigenvalue weighted by atomic mass is 35.5. The van der Waals surface area contributed by atoms with Crippen LogP contribution >= 0.6 is 11.6 Å². The molecule has 2 heterocycles. The molecule has 0 saturated carbocycles. The van der Waals surface area contributed by atoms with Gasteiger partial charge in [-0.05, 0) is 76.2 Å². The number of para-hydroxylation sites is 1. The number of hydrogen-bond acceptors (Lipinski definition) is 6. The molecule has 0 bridgehead atoms. The first-order valence-electron chi connectivity index (χ1n) is 11.4. The Morgan fingerprint density at radius 1 is 1.12 bits per heavy atom. The van der Waals surface area contributed by atoms with E-state index in [1.807, 2.05) is 32.0 Å². The van der Waals surface area contributed by atoms with Gasteiger partial charge in [0.05, 0.1) is 17.8 Å². The average molecular weight is 482 g/mol. The number of anilines is 1. The molecule has 0 aliphatic carbocycles. The summed E-state index contributed by atoms with van der Waals surface area (Å²) in [5, 5.41) is 10.5. The van der Waals surface area contributed by atoms with Crippen LogP contribution in [0.2, 0.25) is 5.02 Å². The summed E-state index contributed by atoms with van der Waals surface area (Å²) in [5.74, 6) is 0.689. The number of piperidine rings is 1. The molecule has 2 amide bonds. The number of carbonyl (C=O) groups excluding carboxylic acids is 2. The topological polar surface area (TPSA) is 100 Å². The minimum Gasteiger partial charge on any atom is -0.350 e. The van der Waals surface area contributed by atoms with E-state index in [1.54, 1.807) is 30.3 Å². The van der Waals surface area contributed by atoms with Gasteiger partial charge in [0.2, 0.25) is 17.6 Å². The molecule has 4 rings (SSSR count). The molecule has 1 fully saturated rings. The van der Waals surface area contributed by atoms with Crippen LogP contribution in [0.25, 0.3) is 11.4 Å². The molecule has 1 saturated heterocycles. The van der Waals surface area contributed by atoms with E-state index in [4.69, 9.17) is 16.1 Å². The minimum absolute atomic E-state index is 0.0155. The predicted octanol–water partition coefficient (Wildman–Crippen LogP) is 4.38. The number of benzene rings is 2. The second kappa shape index (κ2) is 10.8. The van der Waals surface area contributed by atoms with Crippen molar-refractivity contribution in [3.8, 4) is 11.4 Å². The second-order valence-electron chi connectivity index (χ2n) is 8.73. The maximum Gasteiger partial charge on any atom is 0.253 e. The van der Waals surface area contributed by atoms with Gasteiger partial charge < -0.3 is 15.2 Å². The predicted molar refractivity (Wildman–Crippen MR) is 130 cm³/mol. The van der Waals surface area contributed by atoms with Crippen LogP contribution in [0.15, 0.2) is 53.1 Å². The van der Waals surface area contributed by atoms with E-state index in [0.29, 0.717) is 47.4 Å². The molecule has 0 unspecified atom stereocenters. The van der Waals surface area contributed by atoms with Crippen LogP contribution in [0.3, 0.4) is 0 Å². The van der Waals surface area contributed by atoms with Gasteiger partial charge in [0.25, 0.3) is 5.91 Å². The fourth-order valence-electron chi connectivity index (χ4n) is 3.94. The number of nitrogens with zero attached hydrogens (tertiary/aromatic N) is 3. The van der Waals surface area contributed by atoms with Crippen LogP contribution in [-0.4, -0.2) is 46.0 Å². The molecule has 0 spiro atoms. The van der Waals surface area contributed by atoms with Crippen molar-refractivity contribution in [2.75, 3.05) is 18.4 Å². The summed E-state index contributed by atoms with van der Waals surface area (Å²) in [6.45, 7) is 5.82. The lowest BCUT2D eigenvalue weighted by molar-refractivity contribution is -0.121. The molecule has 2 N–H and O–H groups in total. The maximum absolute atomic E-state index is 12.9. The van der Waals surface area contributed by atoms with Crippen molar-refractivity contribution in [1.82, 2.24) is 20.4 Å². The SMILES string of the molecule is CC(C)NC(=O)c1ccccc1NC(=O)C1CCN(Cc2nc(-c3ccc(Cl)cc3)no2)CC1. The van der Waals surface area contributed by atoms with Gasteiger partial charge in [-0.2, -0.15) is 4.98 Å². The van der Waals surface area contributed by atoms with Gasteiger partial charge in [-0.25, -0.2) is 0 Å². The van der Waals surface area contributed by atoms with Crippen LogP contribution < -0.4 is 10.6 Å². The van der Waals surface area contributed by atoms with E-state index in [1.165, 1.54) is 0 Å². The van der Waals surface area contributed by atoms with E-state index in [0.717, 1.165) is 18.7 Å². The van der Waals surface area contributed by atoms with Crippen LogP contribution in [0.1, 0.15) is 42.9 Å².